The fourth-order valence-corrected chi connectivity index (χ4v) is 20.3. The summed E-state index contributed by atoms with van der Waals surface area (Å²) in [7, 11) is 0. The molecule has 0 unspecified atom stereocenters. The molecule has 22 aromatic rings. The van der Waals surface area contributed by atoms with Crippen LogP contribution in [0.25, 0.3) is 177 Å². The minimum Gasteiger partial charge on any atom is -0.455 e. The van der Waals surface area contributed by atoms with Crippen molar-refractivity contribution in [3.8, 4) is 134 Å². The molecule has 0 aliphatic heterocycles. The van der Waals surface area contributed by atoms with Crippen molar-refractivity contribution in [2.24, 2.45) is 0 Å². The molecule has 132 heavy (non-hydrogen) atoms. The van der Waals surface area contributed by atoms with Crippen molar-refractivity contribution in [1.29, 1.82) is 0 Å². The maximum Gasteiger partial charge on any atom is 0.143 e. The SMILES string of the molecule is C.C.CC1(C)c2cc(-c3cccc4c3oc3ccccc34)ccc2-c2ccc(N(c3ccc(-c4ccc(-c5ccccc5)cc4)cc3)c3ccc(-c4cccc(-c5ccccc5)c4)cc3)cc21.CC1(C)c2cc(-c3cccc4c3oc3ccccc34)ccc2-c2ccc(N(c3ccc(-c4ccccc4-c4ccccc4)cc3)c3ccc(-c4ccccc4-c4ccccc4)cc3)cc21. The van der Waals surface area contributed by atoms with Crippen molar-refractivity contribution in [3.63, 3.8) is 0 Å². The Labute approximate surface area is 773 Å². The second-order valence-corrected chi connectivity index (χ2v) is 35.4. The number of para-hydroxylation sites is 4. The van der Waals surface area contributed by atoms with Gasteiger partial charge < -0.3 is 18.6 Å². The first-order chi connectivity index (χ1) is 63.9. The van der Waals surface area contributed by atoms with Gasteiger partial charge in [0, 0.05) is 77.6 Å². The van der Waals surface area contributed by atoms with E-state index in [4.69, 9.17) is 8.83 Å². The summed E-state index contributed by atoms with van der Waals surface area (Å²) in [6.45, 7) is 9.48. The van der Waals surface area contributed by atoms with Crippen molar-refractivity contribution >= 4 is 78.0 Å². The van der Waals surface area contributed by atoms with Crippen LogP contribution in [0.4, 0.5) is 34.1 Å². The number of hydrogen-bond donors (Lipinski definition) is 0. The molecule has 0 spiro atoms. The van der Waals surface area contributed by atoms with Crippen molar-refractivity contribution in [2.45, 2.75) is 53.4 Å². The van der Waals surface area contributed by atoms with Crippen molar-refractivity contribution in [3.05, 3.63) is 495 Å². The van der Waals surface area contributed by atoms with Crippen LogP contribution in [0.3, 0.4) is 0 Å². The van der Waals surface area contributed by atoms with Crippen LogP contribution >= 0.6 is 0 Å². The van der Waals surface area contributed by atoms with Gasteiger partial charge >= 0.3 is 0 Å². The monoisotopic (exact) mass is 1690 g/mol. The summed E-state index contributed by atoms with van der Waals surface area (Å²) in [5.41, 5.74) is 44.1. The van der Waals surface area contributed by atoms with Crippen LogP contribution in [0.15, 0.2) is 482 Å². The number of nitrogens with zero attached hydrogens (tertiary/aromatic N) is 2. The van der Waals surface area contributed by atoms with E-state index in [1.54, 1.807) is 0 Å². The van der Waals surface area contributed by atoms with Gasteiger partial charge in [-0.3, -0.25) is 0 Å². The van der Waals surface area contributed by atoms with E-state index in [0.717, 1.165) is 89.1 Å². The lowest BCUT2D eigenvalue weighted by atomic mass is 9.81. The molecule has 2 aliphatic rings. The third kappa shape index (κ3) is 14.8. The molecule has 0 radical (unpaired) electrons. The van der Waals surface area contributed by atoms with Crippen molar-refractivity contribution in [1.82, 2.24) is 0 Å². The molecule has 0 atom stereocenters. The first-order valence-electron chi connectivity index (χ1n) is 45.0. The van der Waals surface area contributed by atoms with E-state index in [-0.39, 0.29) is 25.7 Å². The zero-order valence-corrected chi connectivity index (χ0v) is 72.7. The smallest absolute Gasteiger partial charge is 0.143 e. The van der Waals surface area contributed by atoms with Gasteiger partial charge in [0.25, 0.3) is 0 Å². The maximum atomic E-state index is 6.51. The van der Waals surface area contributed by atoms with Crippen molar-refractivity contribution in [2.75, 3.05) is 9.80 Å². The molecule has 0 fully saturated rings. The number of rotatable bonds is 16. The van der Waals surface area contributed by atoms with Gasteiger partial charge in [0.15, 0.2) is 0 Å². The predicted molar refractivity (Wildman–Crippen MR) is 560 cm³/mol. The largest absolute Gasteiger partial charge is 0.455 e. The van der Waals surface area contributed by atoms with Crippen LogP contribution in [0.5, 0.6) is 0 Å². The van der Waals surface area contributed by atoms with Gasteiger partial charge in [0.1, 0.15) is 22.3 Å². The van der Waals surface area contributed by atoms with Gasteiger partial charge in [-0.25, -0.2) is 0 Å². The standard InChI is InChI=1S/2C63H45NO.2CH4/c1-63(2)59-40-46(54-25-15-26-58-57-24-13-14-27-61(57)65-62(54)58)32-38-55(59)56-39-37-49(41-60(56)63)64(47-33-28-44(29-34-47)52-22-11-9-20-50(52)42-16-5-3-6-17-42)48-35-30-45(31-36-48)53-23-12-10-21-51(53)43-18-7-4-8-19-43;1-63(2)59-40-50(54-20-12-21-58-57-19-9-10-22-61(57)65-62(54)58)31-37-55(59)56-38-36-53(41-60(56)63)64(51-32-27-46(28-33-51)45-25-23-44(24-26-45)42-13-5-3-6-14-42)52-34-29-47(30-35-52)49-18-11-17-48(39-49)43-15-7-4-8-16-43;;/h2*3-41H,1-2H3;2*1H4. The fourth-order valence-electron chi connectivity index (χ4n) is 20.3. The molecule has 2 heterocycles. The molecule has 2 aromatic heterocycles. The zero-order valence-electron chi connectivity index (χ0n) is 72.7. The van der Waals surface area contributed by atoms with E-state index in [9.17, 15) is 0 Å². The highest BCUT2D eigenvalue weighted by molar-refractivity contribution is 6.11. The Kier molecular flexibility index (Phi) is 21.5. The summed E-state index contributed by atoms with van der Waals surface area (Å²) in [6, 6.07) is 172. The average Bonchev–Trinajstić information content (AvgIpc) is 1.57. The van der Waals surface area contributed by atoms with Gasteiger partial charge in [-0.2, -0.15) is 0 Å². The Morgan fingerprint density at radius 1 is 0.159 bits per heavy atom. The topological polar surface area (TPSA) is 32.8 Å². The van der Waals surface area contributed by atoms with E-state index in [1.807, 2.05) is 12.1 Å². The van der Waals surface area contributed by atoms with Crippen LogP contribution in [0.1, 0.15) is 64.8 Å². The Bertz CT molecular complexity index is 7900. The molecule has 2 aliphatic carbocycles. The number of hydrogen-bond acceptors (Lipinski definition) is 4. The Morgan fingerprint density at radius 3 is 0.750 bits per heavy atom. The second kappa shape index (κ2) is 34.3. The molecule has 0 N–H and O–H groups in total. The highest BCUT2D eigenvalue weighted by Crippen LogP contribution is 2.56. The number of anilines is 6. The molecule has 20 aromatic carbocycles. The van der Waals surface area contributed by atoms with Crippen LogP contribution < -0.4 is 9.80 Å². The number of fused-ring (bicyclic) bond motifs is 12. The lowest BCUT2D eigenvalue weighted by Crippen LogP contribution is -2.16. The fraction of sp³-hybridized carbons (Fsp3) is 0.0625. The molecule has 4 heteroatoms. The average molecular weight is 1700 g/mol. The molecule has 0 bridgehead atoms. The molecule has 632 valence electrons. The summed E-state index contributed by atoms with van der Waals surface area (Å²) in [6.07, 6.45) is 0. The maximum absolute atomic E-state index is 6.51. The minimum absolute atomic E-state index is 0. The first-order valence-corrected chi connectivity index (χ1v) is 45.0. The van der Waals surface area contributed by atoms with E-state index in [0.29, 0.717) is 0 Å². The third-order valence-corrected chi connectivity index (χ3v) is 27.0. The summed E-state index contributed by atoms with van der Waals surface area (Å²) < 4.78 is 13.0. The highest BCUT2D eigenvalue weighted by atomic mass is 16.3. The summed E-state index contributed by atoms with van der Waals surface area (Å²) in [5, 5.41) is 4.59. The quantitative estimate of drug-likeness (QED) is 0.0965. The summed E-state index contributed by atoms with van der Waals surface area (Å²) in [5.74, 6) is 0. The lowest BCUT2D eigenvalue weighted by Gasteiger charge is -2.28. The van der Waals surface area contributed by atoms with Gasteiger partial charge in [0.2, 0.25) is 0 Å². The molecule has 24 rings (SSSR count). The minimum atomic E-state index is -0.250. The Balaban J connectivity index is 0.000000157. The van der Waals surface area contributed by atoms with Crippen LogP contribution in [0.2, 0.25) is 0 Å². The predicted octanol–water partition coefficient (Wildman–Crippen LogP) is 36.7. The summed E-state index contributed by atoms with van der Waals surface area (Å²) in [4.78, 5) is 4.81. The van der Waals surface area contributed by atoms with Gasteiger partial charge in [-0.15, -0.1) is 0 Å². The van der Waals surface area contributed by atoms with E-state index in [2.05, 4.69) is 499 Å². The summed E-state index contributed by atoms with van der Waals surface area (Å²) >= 11 is 0. The molecule has 4 nitrogen and oxygen atoms in total. The number of benzene rings is 20. The first kappa shape index (κ1) is 82.6. The Hall–Kier alpha value is -16.4. The zero-order chi connectivity index (χ0) is 87.0. The number of furan rings is 2. The van der Waals surface area contributed by atoms with E-state index in [1.165, 1.54) is 145 Å². The lowest BCUT2D eigenvalue weighted by molar-refractivity contribution is 0.660. The van der Waals surface area contributed by atoms with Gasteiger partial charge in [-0.1, -0.05) is 413 Å². The highest BCUT2D eigenvalue weighted by Gasteiger charge is 2.39. The molecule has 0 saturated carbocycles. The molecular weight excluding hydrogens is 1600 g/mol. The molecule has 0 saturated heterocycles. The van der Waals surface area contributed by atoms with Crippen LogP contribution in [0, 0.1) is 0 Å². The van der Waals surface area contributed by atoms with Crippen LogP contribution in [-0.4, -0.2) is 0 Å². The molecule has 0 amide bonds. The van der Waals surface area contributed by atoms with E-state index >= 15 is 0 Å². The third-order valence-electron chi connectivity index (χ3n) is 27.0. The van der Waals surface area contributed by atoms with Crippen LogP contribution in [-0.2, 0) is 10.8 Å². The normalized spacial score (nSPS) is 12.4. The van der Waals surface area contributed by atoms with Crippen molar-refractivity contribution < 1.29 is 8.83 Å². The Morgan fingerprint density at radius 2 is 0.386 bits per heavy atom. The van der Waals surface area contributed by atoms with Gasteiger partial charge in [0.05, 0.1) is 0 Å². The second-order valence-electron chi connectivity index (χ2n) is 35.4. The van der Waals surface area contributed by atoms with E-state index < -0.39 is 0 Å². The molecular formula is C128H98N2O2. The van der Waals surface area contributed by atoms with Gasteiger partial charge in [-0.05, 0) is 248 Å².